The molecule has 0 bridgehead atoms. The fourth-order valence-electron chi connectivity index (χ4n) is 1.70. The molecule has 1 saturated heterocycles. The van der Waals surface area contributed by atoms with Gasteiger partial charge in [-0.1, -0.05) is 28.1 Å². The van der Waals surface area contributed by atoms with Gasteiger partial charge in [-0.2, -0.15) is 0 Å². The average molecular weight is 255 g/mol. The first kappa shape index (κ1) is 9.68. The number of carbonyl (C=O) groups is 1. The maximum absolute atomic E-state index is 11.2. The summed E-state index contributed by atoms with van der Waals surface area (Å²) in [6.45, 7) is 0.635. The summed E-state index contributed by atoms with van der Waals surface area (Å²) in [7, 11) is 0. The minimum Gasteiger partial charge on any atom is -0.354 e. The van der Waals surface area contributed by atoms with Crippen molar-refractivity contribution in [1.82, 2.24) is 5.32 Å². The summed E-state index contributed by atoms with van der Waals surface area (Å²) < 4.78 is 1.02. The molecule has 1 heterocycles. The van der Waals surface area contributed by atoms with Crippen LogP contribution in [-0.4, -0.2) is 18.5 Å². The highest BCUT2D eigenvalue weighted by atomic mass is 79.9. The number of benzene rings is 1. The third-order valence-corrected chi connectivity index (χ3v) is 3.00. The summed E-state index contributed by atoms with van der Waals surface area (Å²) in [6, 6.07) is 7.50. The van der Waals surface area contributed by atoms with E-state index in [-0.39, 0.29) is 11.8 Å². The van der Waals surface area contributed by atoms with Crippen molar-refractivity contribution in [3.8, 4) is 0 Å². The number of amides is 1. The fraction of sp³-hybridized carbons (Fsp3) is 0.300. The lowest BCUT2D eigenvalue weighted by molar-refractivity contribution is -0.120. The SMILES string of the molecule is NC1C(=O)NCC1c1cccc(Br)c1. The quantitative estimate of drug-likeness (QED) is 0.786. The molecule has 0 saturated carbocycles. The zero-order valence-electron chi connectivity index (χ0n) is 7.53. The molecule has 2 atom stereocenters. The van der Waals surface area contributed by atoms with Gasteiger partial charge in [0.2, 0.25) is 5.91 Å². The molecule has 1 fully saturated rings. The zero-order valence-corrected chi connectivity index (χ0v) is 9.12. The smallest absolute Gasteiger partial charge is 0.237 e. The van der Waals surface area contributed by atoms with Crippen LogP contribution in [0.5, 0.6) is 0 Å². The fourth-order valence-corrected chi connectivity index (χ4v) is 2.12. The summed E-state index contributed by atoms with van der Waals surface area (Å²) >= 11 is 3.40. The predicted octanol–water partition coefficient (Wildman–Crippen LogP) is 0.990. The summed E-state index contributed by atoms with van der Waals surface area (Å²) in [5.74, 6) is 0.0370. The molecule has 4 heteroatoms. The van der Waals surface area contributed by atoms with Gasteiger partial charge in [-0.15, -0.1) is 0 Å². The highest BCUT2D eigenvalue weighted by molar-refractivity contribution is 9.10. The van der Waals surface area contributed by atoms with Crippen molar-refractivity contribution in [3.63, 3.8) is 0 Å². The van der Waals surface area contributed by atoms with Crippen molar-refractivity contribution in [2.24, 2.45) is 5.73 Å². The van der Waals surface area contributed by atoms with Gasteiger partial charge >= 0.3 is 0 Å². The van der Waals surface area contributed by atoms with Crippen LogP contribution in [-0.2, 0) is 4.79 Å². The maximum atomic E-state index is 11.2. The average Bonchev–Trinajstić information content (AvgIpc) is 2.48. The van der Waals surface area contributed by atoms with Gasteiger partial charge in [0, 0.05) is 16.9 Å². The van der Waals surface area contributed by atoms with E-state index in [0.29, 0.717) is 6.54 Å². The minimum absolute atomic E-state index is 0.0602. The highest BCUT2D eigenvalue weighted by Gasteiger charge is 2.32. The molecule has 1 amide bonds. The predicted molar refractivity (Wildman–Crippen MR) is 57.9 cm³/mol. The summed E-state index contributed by atoms with van der Waals surface area (Å²) in [4.78, 5) is 11.2. The van der Waals surface area contributed by atoms with E-state index in [0.717, 1.165) is 10.0 Å². The second kappa shape index (κ2) is 3.71. The van der Waals surface area contributed by atoms with Crippen LogP contribution in [0.25, 0.3) is 0 Å². The van der Waals surface area contributed by atoms with Crippen LogP contribution in [0.4, 0.5) is 0 Å². The molecule has 1 aliphatic rings. The number of carbonyl (C=O) groups excluding carboxylic acids is 1. The number of hydrogen-bond acceptors (Lipinski definition) is 2. The third-order valence-electron chi connectivity index (χ3n) is 2.51. The van der Waals surface area contributed by atoms with E-state index < -0.39 is 6.04 Å². The maximum Gasteiger partial charge on any atom is 0.237 e. The van der Waals surface area contributed by atoms with E-state index in [4.69, 9.17) is 5.73 Å². The molecule has 2 unspecified atom stereocenters. The third kappa shape index (κ3) is 1.67. The molecule has 1 aromatic carbocycles. The Morgan fingerprint density at radius 3 is 2.86 bits per heavy atom. The highest BCUT2D eigenvalue weighted by Crippen LogP contribution is 2.24. The normalized spacial score (nSPS) is 26.3. The number of hydrogen-bond donors (Lipinski definition) is 2. The molecule has 0 radical (unpaired) electrons. The van der Waals surface area contributed by atoms with Crippen LogP contribution in [0.3, 0.4) is 0 Å². The zero-order chi connectivity index (χ0) is 10.1. The van der Waals surface area contributed by atoms with Crippen LogP contribution >= 0.6 is 15.9 Å². The van der Waals surface area contributed by atoms with Crippen LogP contribution in [0, 0.1) is 0 Å². The number of nitrogens with two attached hydrogens (primary N) is 1. The van der Waals surface area contributed by atoms with Crippen molar-refractivity contribution >= 4 is 21.8 Å². The second-order valence-corrected chi connectivity index (χ2v) is 4.35. The second-order valence-electron chi connectivity index (χ2n) is 3.43. The van der Waals surface area contributed by atoms with Crippen molar-refractivity contribution in [2.45, 2.75) is 12.0 Å². The lowest BCUT2D eigenvalue weighted by atomic mass is 9.95. The van der Waals surface area contributed by atoms with Gasteiger partial charge < -0.3 is 11.1 Å². The Morgan fingerprint density at radius 1 is 1.50 bits per heavy atom. The van der Waals surface area contributed by atoms with Crippen LogP contribution in [0.1, 0.15) is 11.5 Å². The Labute approximate surface area is 90.8 Å². The van der Waals surface area contributed by atoms with Gasteiger partial charge in [0.05, 0.1) is 6.04 Å². The molecule has 74 valence electrons. The number of rotatable bonds is 1. The van der Waals surface area contributed by atoms with Gasteiger partial charge in [0.25, 0.3) is 0 Å². The Morgan fingerprint density at radius 2 is 2.29 bits per heavy atom. The monoisotopic (exact) mass is 254 g/mol. The number of nitrogens with one attached hydrogen (secondary N) is 1. The molecule has 0 aromatic heterocycles. The molecule has 1 aliphatic heterocycles. The molecule has 14 heavy (non-hydrogen) atoms. The molecular formula is C10H11BrN2O. The van der Waals surface area contributed by atoms with Gasteiger partial charge in [-0.3, -0.25) is 4.79 Å². The van der Waals surface area contributed by atoms with E-state index >= 15 is 0 Å². The van der Waals surface area contributed by atoms with Gasteiger partial charge in [0.15, 0.2) is 0 Å². The van der Waals surface area contributed by atoms with E-state index in [1.807, 2.05) is 24.3 Å². The summed E-state index contributed by atoms with van der Waals surface area (Å²) in [5.41, 5.74) is 6.88. The topological polar surface area (TPSA) is 55.1 Å². The van der Waals surface area contributed by atoms with Crippen LogP contribution in [0.2, 0.25) is 0 Å². The largest absolute Gasteiger partial charge is 0.354 e. The van der Waals surface area contributed by atoms with E-state index in [1.54, 1.807) is 0 Å². The van der Waals surface area contributed by atoms with Gasteiger partial charge in [-0.05, 0) is 17.7 Å². The van der Waals surface area contributed by atoms with E-state index in [1.165, 1.54) is 0 Å². The Balaban J connectivity index is 2.28. The molecule has 2 rings (SSSR count). The Bertz CT molecular complexity index is 367. The summed E-state index contributed by atoms with van der Waals surface area (Å²) in [6.07, 6.45) is 0. The lowest BCUT2D eigenvalue weighted by Crippen LogP contribution is -2.33. The molecule has 3 nitrogen and oxygen atoms in total. The van der Waals surface area contributed by atoms with Gasteiger partial charge in [-0.25, -0.2) is 0 Å². The molecule has 3 N–H and O–H groups in total. The van der Waals surface area contributed by atoms with Gasteiger partial charge in [0.1, 0.15) is 0 Å². The van der Waals surface area contributed by atoms with Crippen molar-refractivity contribution in [3.05, 3.63) is 34.3 Å². The Hall–Kier alpha value is -0.870. The minimum atomic E-state index is -0.413. The van der Waals surface area contributed by atoms with Crippen LogP contribution in [0.15, 0.2) is 28.7 Å². The first-order valence-electron chi connectivity index (χ1n) is 4.47. The lowest BCUT2D eigenvalue weighted by Gasteiger charge is -2.12. The van der Waals surface area contributed by atoms with E-state index in [2.05, 4.69) is 21.2 Å². The van der Waals surface area contributed by atoms with Crippen LogP contribution < -0.4 is 11.1 Å². The van der Waals surface area contributed by atoms with Crippen molar-refractivity contribution < 1.29 is 4.79 Å². The number of halogens is 1. The standard InChI is InChI=1S/C10H11BrN2O/c11-7-3-1-2-6(4-7)8-5-13-10(14)9(8)12/h1-4,8-9H,5,12H2,(H,13,14). The van der Waals surface area contributed by atoms with Crippen molar-refractivity contribution in [2.75, 3.05) is 6.54 Å². The first-order chi connectivity index (χ1) is 6.68. The first-order valence-corrected chi connectivity index (χ1v) is 5.26. The molecule has 0 spiro atoms. The molecular weight excluding hydrogens is 244 g/mol. The van der Waals surface area contributed by atoms with E-state index in [9.17, 15) is 4.79 Å². The Kier molecular flexibility index (Phi) is 2.56. The van der Waals surface area contributed by atoms with Crippen molar-refractivity contribution in [1.29, 1.82) is 0 Å². The molecule has 1 aromatic rings. The summed E-state index contributed by atoms with van der Waals surface area (Å²) in [5, 5.41) is 2.76. The molecule has 0 aliphatic carbocycles.